The number of hydrogen-bond donors (Lipinski definition) is 0. The highest BCUT2D eigenvalue weighted by Gasteiger charge is 2.52. The fourth-order valence-electron chi connectivity index (χ4n) is 10.9. The van der Waals surface area contributed by atoms with Gasteiger partial charge in [-0.2, -0.15) is 0 Å². The van der Waals surface area contributed by atoms with Crippen molar-refractivity contribution in [3.8, 4) is 28.4 Å². The second-order valence-corrected chi connectivity index (χ2v) is 16.7. The Balaban J connectivity index is 1.06. The van der Waals surface area contributed by atoms with E-state index in [0.717, 1.165) is 46.5 Å². The molecule has 0 aromatic heterocycles. The van der Waals surface area contributed by atoms with Crippen molar-refractivity contribution in [3.63, 3.8) is 0 Å². The zero-order chi connectivity index (χ0) is 40.5. The number of nitrogens with zero attached hydrogens (tertiary/aromatic N) is 1. The molecule has 0 saturated carbocycles. The average Bonchev–Trinajstić information content (AvgIpc) is 3.85. The third-order valence-electron chi connectivity index (χ3n) is 13.5. The summed E-state index contributed by atoms with van der Waals surface area (Å²) in [6.07, 6.45) is 7.40. The summed E-state index contributed by atoms with van der Waals surface area (Å²) in [5.74, 6) is 4.39. The first-order valence-electron chi connectivity index (χ1n) is 21.5. The maximum Gasteiger partial charge on any atom is 0.134 e. The molecular formula is C58H43NO2. The van der Waals surface area contributed by atoms with Gasteiger partial charge >= 0.3 is 0 Å². The number of hydrogen-bond acceptors (Lipinski definition) is 3. The largest absolute Gasteiger partial charge is 0.460 e. The summed E-state index contributed by atoms with van der Waals surface area (Å²) in [6, 6.07) is 70.6. The van der Waals surface area contributed by atoms with Gasteiger partial charge in [-0.1, -0.05) is 165 Å². The SMILES string of the molecule is CC1C=CC=C2Oc3c(C(Cc4ccc(N(c5ccccc5)c5ccccc5)cc4)c4cccc5c4-c4ccccc4C54c5ccccc5Oc5ccccc54)cccc3C21. The fraction of sp³-hybridized carbons (Fsp3) is 0.103. The molecule has 2 aliphatic carbocycles. The van der Waals surface area contributed by atoms with Gasteiger partial charge in [0.1, 0.15) is 23.0 Å². The van der Waals surface area contributed by atoms with Crippen LogP contribution in [0.1, 0.15) is 63.3 Å². The summed E-state index contributed by atoms with van der Waals surface area (Å²) < 4.78 is 13.7. The zero-order valence-corrected chi connectivity index (χ0v) is 33.9. The highest BCUT2D eigenvalue weighted by atomic mass is 16.5. The van der Waals surface area contributed by atoms with Gasteiger partial charge in [-0.05, 0) is 100 Å². The molecule has 0 fully saturated rings. The molecule has 61 heavy (non-hydrogen) atoms. The molecule has 0 bridgehead atoms. The lowest BCUT2D eigenvalue weighted by molar-refractivity contribution is 0.400. The van der Waals surface area contributed by atoms with E-state index in [9.17, 15) is 0 Å². The van der Waals surface area contributed by atoms with Gasteiger partial charge in [-0.3, -0.25) is 0 Å². The van der Waals surface area contributed by atoms with Crippen molar-refractivity contribution in [1.82, 2.24) is 0 Å². The zero-order valence-electron chi connectivity index (χ0n) is 33.9. The van der Waals surface area contributed by atoms with Gasteiger partial charge in [0.15, 0.2) is 0 Å². The van der Waals surface area contributed by atoms with E-state index in [1.54, 1.807) is 0 Å². The third-order valence-corrected chi connectivity index (χ3v) is 13.5. The van der Waals surface area contributed by atoms with Crippen LogP contribution < -0.4 is 14.4 Å². The van der Waals surface area contributed by atoms with Gasteiger partial charge in [-0.25, -0.2) is 0 Å². The number of para-hydroxylation sites is 5. The summed E-state index contributed by atoms with van der Waals surface area (Å²) >= 11 is 0. The average molecular weight is 786 g/mol. The number of ether oxygens (including phenoxy) is 2. The molecule has 12 rings (SSSR count). The van der Waals surface area contributed by atoms with Crippen molar-refractivity contribution in [1.29, 1.82) is 0 Å². The van der Waals surface area contributed by atoms with Gasteiger partial charge in [0.25, 0.3) is 0 Å². The summed E-state index contributed by atoms with van der Waals surface area (Å²) in [4.78, 5) is 2.33. The predicted molar refractivity (Wildman–Crippen MR) is 247 cm³/mol. The van der Waals surface area contributed by atoms with Gasteiger partial charge in [0, 0.05) is 45.2 Å². The van der Waals surface area contributed by atoms with E-state index in [-0.39, 0.29) is 11.8 Å². The van der Waals surface area contributed by atoms with E-state index in [4.69, 9.17) is 9.47 Å². The van der Waals surface area contributed by atoms with E-state index in [2.05, 4.69) is 224 Å². The Hall–Kier alpha value is -7.36. The van der Waals surface area contributed by atoms with Crippen LogP contribution in [0.5, 0.6) is 17.2 Å². The van der Waals surface area contributed by atoms with E-state index >= 15 is 0 Å². The molecule has 2 aliphatic heterocycles. The Labute approximate surface area is 357 Å². The molecule has 3 heteroatoms. The number of benzene rings is 8. The van der Waals surface area contributed by atoms with Crippen molar-refractivity contribution in [3.05, 3.63) is 263 Å². The molecule has 292 valence electrons. The molecule has 3 nitrogen and oxygen atoms in total. The van der Waals surface area contributed by atoms with Gasteiger partial charge in [-0.15, -0.1) is 0 Å². The van der Waals surface area contributed by atoms with Gasteiger partial charge in [0.2, 0.25) is 0 Å². The number of anilines is 3. The summed E-state index contributed by atoms with van der Waals surface area (Å²) in [5, 5.41) is 0. The smallest absolute Gasteiger partial charge is 0.134 e. The second kappa shape index (κ2) is 14.1. The van der Waals surface area contributed by atoms with E-state index in [0.29, 0.717) is 5.92 Å². The molecule has 3 atom stereocenters. The molecule has 0 saturated heterocycles. The monoisotopic (exact) mass is 785 g/mol. The van der Waals surface area contributed by atoms with Crippen LogP contribution in [-0.4, -0.2) is 0 Å². The van der Waals surface area contributed by atoms with Crippen LogP contribution in [0, 0.1) is 5.92 Å². The number of fused-ring (bicyclic) bond motifs is 12. The minimum atomic E-state index is -0.548. The van der Waals surface area contributed by atoms with Gasteiger partial charge in [0.05, 0.1) is 11.3 Å². The Kier molecular flexibility index (Phi) is 8.25. The highest BCUT2D eigenvalue weighted by Crippen LogP contribution is 2.63. The standard InChI is InChI=1S/C58H43NO2/c1-38-17-14-32-54-55(38)46-25-15-24-44(57(46)61-54)47(37-39-33-35-42(36-34-39)59(40-18-4-2-5-19-40)41-20-6-3-7-21-41)43-23-16-29-51-56(43)45-22-8-9-26-48(45)58(51)49-27-10-12-30-52(49)60-53-31-13-11-28-50(53)58/h2-36,38,47,55H,37H2,1H3. The van der Waals surface area contributed by atoms with Crippen molar-refractivity contribution < 1.29 is 9.47 Å². The van der Waals surface area contributed by atoms with E-state index in [1.807, 2.05) is 0 Å². The predicted octanol–water partition coefficient (Wildman–Crippen LogP) is 14.6. The normalized spacial score (nSPS) is 17.4. The lowest BCUT2D eigenvalue weighted by Crippen LogP contribution is -2.32. The summed E-state index contributed by atoms with van der Waals surface area (Å²) in [7, 11) is 0. The topological polar surface area (TPSA) is 21.7 Å². The number of allylic oxidation sites excluding steroid dienone is 4. The molecule has 1 spiro atoms. The first-order valence-corrected chi connectivity index (χ1v) is 21.5. The molecule has 0 N–H and O–H groups in total. The van der Waals surface area contributed by atoms with Crippen molar-refractivity contribution in [2.75, 3.05) is 4.90 Å². The molecule has 8 aromatic rings. The van der Waals surface area contributed by atoms with Crippen LogP contribution in [0.4, 0.5) is 17.1 Å². The van der Waals surface area contributed by atoms with E-state index < -0.39 is 5.41 Å². The first-order chi connectivity index (χ1) is 30.2. The Bertz CT molecular complexity index is 2950. The van der Waals surface area contributed by atoms with Crippen LogP contribution in [-0.2, 0) is 11.8 Å². The van der Waals surface area contributed by atoms with Crippen LogP contribution >= 0.6 is 0 Å². The van der Waals surface area contributed by atoms with Crippen molar-refractivity contribution >= 4 is 17.1 Å². The molecule has 4 aliphatic rings. The van der Waals surface area contributed by atoms with Crippen molar-refractivity contribution in [2.24, 2.45) is 5.92 Å². The minimum Gasteiger partial charge on any atom is -0.460 e. The molecule has 8 aromatic carbocycles. The maximum absolute atomic E-state index is 6.98. The van der Waals surface area contributed by atoms with E-state index in [1.165, 1.54) is 55.6 Å². The molecule has 3 unspecified atom stereocenters. The number of rotatable bonds is 7. The lowest BCUT2D eigenvalue weighted by atomic mass is 9.66. The Morgan fingerprint density at radius 1 is 0.525 bits per heavy atom. The van der Waals surface area contributed by atoms with Gasteiger partial charge < -0.3 is 14.4 Å². The summed E-state index contributed by atoms with van der Waals surface area (Å²) in [5.41, 5.74) is 15.4. The second-order valence-electron chi connectivity index (χ2n) is 16.7. The summed E-state index contributed by atoms with van der Waals surface area (Å²) in [6.45, 7) is 2.30. The minimum absolute atomic E-state index is 0.0207. The molecule has 0 radical (unpaired) electrons. The Morgan fingerprint density at radius 3 is 1.80 bits per heavy atom. The maximum atomic E-state index is 6.98. The quantitative estimate of drug-likeness (QED) is 0.161. The fourth-order valence-corrected chi connectivity index (χ4v) is 10.9. The molecule has 0 amide bonds. The van der Waals surface area contributed by atoms with Crippen LogP contribution in [0.2, 0.25) is 0 Å². The molecular weight excluding hydrogens is 743 g/mol. The lowest BCUT2D eigenvalue weighted by Gasteiger charge is -2.39. The first kappa shape index (κ1) is 35.6. The highest BCUT2D eigenvalue weighted by molar-refractivity contribution is 5.91. The van der Waals surface area contributed by atoms with Crippen LogP contribution in [0.15, 0.2) is 218 Å². The van der Waals surface area contributed by atoms with Crippen LogP contribution in [0.25, 0.3) is 11.1 Å². The van der Waals surface area contributed by atoms with Crippen LogP contribution in [0.3, 0.4) is 0 Å². The Morgan fingerprint density at radius 2 is 1.10 bits per heavy atom. The molecule has 2 heterocycles. The van der Waals surface area contributed by atoms with Crippen molar-refractivity contribution in [2.45, 2.75) is 30.6 Å². The third kappa shape index (κ3) is 5.43.